The average Bonchev–Trinajstić information content (AvgIpc) is 4.10. The second-order valence-electron chi connectivity index (χ2n) is 20.3. The van der Waals surface area contributed by atoms with E-state index in [4.69, 9.17) is 15.2 Å². The van der Waals surface area contributed by atoms with Gasteiger partial charge in [0.2, 0.25) is 23.6 Å². The molecule has 17 heteroatoms. The minimum absolute atomic E-state index is 0.0402. The Labute approximate surface area is 411 Å². The normalized spacial score (nSPS) is 27.6. The molecule has 0 bridgehead atoms. The first-order chi connectivity index (χ1) is 34.1. The minimum atomic E-state index is -2.23. The Bertz CT molecular complexity index is 2950. The minimum Gasteiger partial charge on any atom is -0.480 e. The number of allylic oxidation sites excluding steroid dienone is 2. The van der Waals surface area contributed by atoms with Crippen LogP contribution in [0.3, 0.4) is 0 Å². The van der Waals surface area contributed by atoms with Gasteiger partial charge >= 0.3 is 6.03 Å². The van der Waals surface area contributed by atoms with Crippen molar-refractivity contribution in [3.8, 4) is 5.75 Å². The number of hydrogen-bond donors (Lipinski definition) is 3. The number of piperidine rings is 1. The Morgan fingerprint density at radius 3 is 2.45 bits per heavy atom. The lowest BCUT2D eigenvalue weighted by atomic mass is 9.75. The van der Waals surface area contributed by atoms with Crippen molar-refractivity contribution in [2.45, 2.75) is 101 Å². The fraction of sp³-hybridized carbons (Fsp3) is 0.481. The third kappa shape index (κ3) is 8.72. The van der Waals surface area contributed by atoms with Crippen LogP contribution >= 0.6 is 0 Å². The summed E-state index contributed by atoms with van der Waals surface area (Å²) in [7, 11) is 3.22. The summed E-state index contributed by atoms with van der Waals surface area (Å²) in [5, 5.41) is 11.5. The highest BCUT2D eigenvalue weighted by Gasteiger charge is 2.50. The molecule has 4 N–H and O–H groups in total. The molecule has 7 aliphatic rings. The molecular formula is C54H60F2N8O7. The van der Waals surface area contributed by atoms with E-state index in [1.54, 1.807) is 17.7 Å². The van der Waals surface area contributed by atoms with Gasteiger partial charge in [0.1, 0.15) is 17.7 Å². The maximum absolute atomic E-state index is 17.0. The SMILES string of the molecule is COC1C=CC(C(N)=O)=C(c2c(C)c(F)cc3c2C[C@@](CNC2CCC(C(=O)N4CC[C@@H](C(=O)N5CCC(c6ccc7c(N8CCC(=O)NC8=O)nn(C)c7c6)CC5)C4)CC2)(C2=C=C=CC=C2)O3)C1(C)F. The number of aryl methyl sites for hydroxylation is 1. The van der Waals surface area contributed by atoms with Gasteiger partial charge < -0.3 is 30.3 Å². The Morgan fingerprint density at radius 1 is 1.00 bits per heavy atom. The molecule has 71 heavy (non-hydrogen) atoms. The number of rotatable bonds is 11. The van der Waals surface area contributed by atoms with Crippen molar-refractivity contribution in [1.82, 2.24) is 30.2 Å². The number of benzene rings is 2. The van der Waals surface area contributed by atoms with Crippen LogP contribution in [0.5, 0.6) is 5.75 Å². The predicted molar refractivity (Wildman–Crippen MR) is 261 cm³/mol. The Hall–Kier alpha value is -6.64. The highest BCUT2D eigenvalue weighted by atomic mass is 19.1. The smallest absolute Gasteiger partial charge is 0.329 e. The summed E-state index contributed by atoms with van der Waals surface area (Å²) in [6.45, 7) is 5.70. The summed E-state index contributed by atoms with van der Waals surface area (Å²) < 4.78 is 46.9. The lowest BCUT2D eigenvalue weighted by Gasteiger charge is -2.36. The molecule has 2 aromatic carbocycles. The molecular weight excluding hydrogens is 911 g/mol. The maximum Gasteiger partial charge on any atom is 0.329 e. The van der Waals surface area contributed by atoms with Crippen molar-refractivity contribution < 1.29 is 42.2 Å². The molecule has 1 saturated carbocycles. The number of alkyl halides is 1. The fourth-order valence-corrected chi connectivity index (χ4v) is 12.1. The number of primary amides is 1. The molecule has 372 valence electrons. The number of urea groups is 1. The molecule has 10 rings (SSSR count). The van der Waals surface area contributed by atoms with E-state index in [1.807, 2.05) is 35.1 Å². The van der Waals surface area contributed by atoms with Gasteiger partial charge in [-0.1, -0.05) is 35.8 Å². The number of fused-ring (bicyclic) bond motifs is 2. The summed E-state index contributed by atoms with van der Waals surface area (Å²) >= 11 is 0. The number of halogens is 2. The van der Waals surface area contributed by atoms with Gasteiger partial charge in [-0.2, -0.15) is 5.10 Å². The van der Waals surface area contributed by atoms with E-state index in [0.717, 1.165) is 42.1 Å². The van der Waals surface area contributed by atoms with Gasteiger partial charge in [-0.3, -0.25) is 34.1 Å². The number of hydrogen-bond acceptors (Lipinski definition) is 9. The monoisotopic (exact) mass is 970 g/mol. The molecule has 4 aliphatic heterocycles. The zero-order chi connectivity index (χ0) is 49.9. The van der Waals surface area contributed by atoms with E-state index in [2.05, 4.69) is 39.3 Å². The molecule has 0 spiro atoms. The number of methoxy groups -OCH3 is 1. The molecule has 4 atom stereocenters. The Morgan fingerprint density at radius 2 is 1.75 bits per heavy atom. The van der Waals surface area contributed by atoms with Crippen LogP contribution in [0.1, 0.15) is 86.5 Å². The molecule has 15 nitrogen and oxygen atoms in total. The van der Waals surface area contributed by atoms with Crippen LogP contribution in [0, 0.1) is 24.6 Å². The van der Waals surface area contributed by atoms with Crippen LogP contribution in [-0.2, 0) is 37.4 Å². The van der Waals surface area contributed by atoms with Crippen LogP contribution in [0.2, 0.25) is 0 Å². The molecule has 1 aromatic heterocycles. The quantitative estimate of drug-likeness (QED) is 0.197. The lowest BCUT2D eigenvalue weighted by Crippen LogP contribution is -2.50. The number of anilines is 1. The molecule has 3 saturated heterocycles. The first-order valence-corrected chi connectivity index (χ1v) is 24.8. The van der Waals surface area contributed by atoms with Crippen LogP contribution in [0.4, 0.5) is 19.4 Å². The van der Waals surface area contributed by atoms with Gasteiger partial charge in [-0.15, -0.1) is 0 Å². The highest BCUT2D eigenvalue weighted by molar-refractivity contribution is 6.09. The molecule has 0 radical (unpaired) electrons. The average molecular weight is 971 g/mol. The number of nitrogens with zero attached hydrogens (tertiary/aromatic N) is 5. The highest BCUT2D eigenvalue weighted by Crippen LogP contribution is 2.50. The number of nitrogens with one attached hydrogen (secondary N) is 2. The summed E-state index contributed by atoms with van der Waals surface area (Å²) in [6.07, 6.45) is 12.8. The summed E-state index contributed by atoms with van der Waals surface area (Å²) in [4.78, 5) is 70.3. The van der Waals surface area contributed by atoms with E-state index >= 15 is 8.78 Å². The van der Waals surface area contributed by atoms with E-state index in [0.29, 0.717) is 68.9 Å². The molecule has 3 aromatic rings. The van der Waals surface area contributed by atoms with Crippen LogP contribution in [-0.4, -0.2) is 119 Å². The van der Waals surface area contributed by atoms with E-state index < -0.39 is 35.1 Å². The Balaban J connectivity index is 0.747. The number of aromatic nitrogens is 2. The van der Waals surface area contributed by atoms with Gasteiger partial charge in [-0.05, 0) is 106 Å². The van der Waals surface area contributed by atoms with Gasteiger partial charge in [0.15, 0.2) is 17.1 Å². The maximum atomic E-state index is 17.0. The molecule has 3 aliphatic carbocycles. The molecule has 4 fully saturated rings. The zero-order valence-corrected chi connectivity index (χ0v) is 40.6. The summed E-state index contributed by atoms with van der Waals surface area (Å²) in [6, 6.07) is 7.09. The summed E-state index contributed by atoms with van der Waals surface area (Å²) in [5.41, 5.74) is 12.3. The Kier molecular flexibility index (Phi) is 12.7. The van der Waals surface area contributed by atoms with Crippen molar-refractivity contribution in [2.75, 3.05) is 51.3 Å². The number of likely N-dealkylation sites (tertiary alicyclic amines) is 2. The molecule has 6 amide bonds. The molecule has 5 heterocycles. The first-order valence-electron chi connectivity index (χ1n) is 24.8. The van der Waals surface area contributed by atoms with Crippen molar-refractivity contribution in [3.63, 3.8) is 0 Å². The van der Waals surface area contributed by atoms with Crippen molar-refractivity contribution in [3.05, 3.63) is 105 Å². The van der Waals surface area contributed by atoms with E-state index in [1.165, 1.54) is 37.2 Å². The van der Waals surface area contributed by atoms with E-state index in [-0.39, 0.29) is 88.9 Å². The van der Waals surface area contributed by atoms with Crippen LogP contribution < -0.4 is 26.0 Å². The number of nitrogens with two attached hydrogens (primary N) is 1. The van der Waals surface area contributed by atoms with Gasteiger partial charge in [0, 0.05) is 112 Å². The lowest BCUT2D eigenvalue weighted by molar-refractivity contribution is -0.138. The second-order valence-corrected chi connectivity index (χ2v) is 20.3. The second kappa shape index (κ2) is 18.8. The largest absolute Gasteiger partial charge is 0.480 e. The van der Waals surface area contributed by atoms with Crippen LogP contribution in [0.15, 0.2) is 77.3 Å². The molecule has 2 unspecified atom stereocenters. The van der Waals surface area contributed by atoms with Crippen molar-refractivity contribution in [1.29, 1.82) is 0 Å². The van der Waals surface area contributed by atoms with Gasteiger partial charge in [-0.25, -0.2) is 13.6 Å². The first kappa shape index (κ1) is 48.0. The van der Waals surface area contributed by atoms with Crippen molar-refractivity contribution >= 4 is 52.0 Å². The van der Waals surface area contributed by atoms with Gasteiger partial charge in [0.05, 0.1) is 11.4 Å². The number of carbonyl (C=O) groups is 5. The van der Waals surface area contributed by atoms with Gasteiger partial charge in [0.25, 0.3) is 0 Å². The fourth-order valence-electron chi connectivity index (χ4n) is 12.1. The number of carbonyl (C=O) groups excluding carboxylic acids is 5. The van der Waals surface area contributed by atoms with E-state index in [9.17, 15) is 24.0 Å². The third-order valence-corrected chi connectivity index (χ3v) is 16.0. The number of imide groups is 1. The zero-order valence-electron chi connectivity index (χ0n) is 40.6. The number of ether oxygens (including phenoxy) is 2. The predicted octanol–water partition coefficient (Wildman–Crippen LogP) is 5.90. The van der Waals surface area contributed by atoms with Crippen molar-refractivity contribution in [2.24, 2.45) is 24.6 Å². The number of amides is 6. The standard InChI is InChI=1S/C54H60F2N8O7/c1-31-41(55)27-43-40(46(31)47-39(48(57)66)16-17-44(70-4)53(47,2)56)28-54(71-43,36-8-6-5-7-9-36)30-58-37-13-10-33(11-14-37)50(67)63-24-20-35(29-63)51(68)62-22-18-32(19-23-62)34-12-15-38-42(26-34)61(3)60-49(38)64-25-21-45(65)59-52(64)69/h5-6,8,12,15-17,26-27,32-33,35,37,44,58H,10-11,13-14,18-25,28-30H2,1-4H3,(H2,57,66)(H,59,65,69)/t33?,35-,37?,44?,53?,54-/m1/s1. The third-order valence-electron chi connectivity index (χ3n) is 16.0. The topological polar surface area (TPSA) is 181 Å². The van der Waals surface area contributed by atoms with Crippen LogP contribution in [0.25, 0.3) is 16.5 Å². The summed E-state index contributed by atoms with van der Waals surface area (Å²) in [5.74, 6) is -0.897.